The standard InChI is InChI=1S/C19H27F2N3O/c1-14(17-4-3-16(20)12-18(17)21)23-8-10-24(11-9-23)19(25)5-2-15-6-7-22-13-15/h3-4,12,14-15,22H,2,5-11,13H2,1H3. The molecule has 0 spiro atoms. The van der Waals surface area contributed by atoms with Gasteiger partial charge in [0, 0.05) is 50.3 Å². The van der Waals surface area contributed by atoms with E-state index in [-0.39, 0.29) is 11.9 Å². The highest BCUT2D eigenvalue weighted by molar-refractivity contribution is 5.76. The largest absolute Gasteiger partial charge is 0.340 e. The molecule has 2 unspecified atom stereocenters. The van der Waals surface area contributed by atoms with Gasteiger partial charge in [-0.25, -0.2) is 8.78 Å². The molecular weight excluding hydrogens is 324 g/mol. The predicted octanol–water partition coefficient (Wildman–Crippen LogP) is 2.56. The van der Waals surface area contributed by atoms with Crippen LogP contribution in [0, 0.1) is 17.6 Å². The molecule has 2 atom stereocenters. The topological polar surface area (TPSA) is 35.6 Å². The molecule has 0 saturated carbocycles. The molecule has 0 aromatic heterocycles. The third-order valence-electron chi connectivity index (χ3n) is 5.56. The van der Waals surface area contributed by atoms with Gasteiger partial charge in [-0.05, 0) is 44.8 Å². The molecule has 6 heteroatoms. The molecule has 2 aliphatic rings. The number of carbonyl (C=O) groups is 1. The first-order valence-electron chi connectivity index (χ1n) is 9.22. The molecule has 25 heavy (non-hydrogen) atoms. The number of hydrogen-bond acceptors (Lipinski definition) is 3. The third kappa shape index (κ3) is 4.55. The Hall–Kier alpha value is -1.53. The Balaban J connectivity index is 1.48. The molecule has 3 rings (SSSR count). The summed E-state index contributed by atoms with van der Waals surface area (Å²) in [6, 6.07) is 3.63. The Morgan fingerprint density at radius 1 is 1.28 bits per heavy atom. The first-order chi connectivity index (χ1) is 12.0. The second-order valence-corrected chi connectivity index (χ2v) is 7.16. The van der Waals surface area contributed by atoms with E-state index in [0.29, 0.717) is 44.1 Å². The molecule has 4 nitrogen and oxygen atoms in total. The fourth-order valence-electron chi connectivity index (χ4n) is 3.84. The Morgan fingerprint density at radius 3 is 2.68 bits per heavy atom. The van der Waals surface area contributed by atoms with Crippen LogP contribution >= 0.6 is 0 Å². The number of benzene rings is 1. The molecule has 2 fully saturated rings. The van der Waals surface area contributed by atoms with Crippen LogP contribution in [-0.2, 0) is 4.79 Å². The van der Waals surface area contributed by atoms with Crippen LogP contribution in [0.3, 0.4) is 0 Å². The maximum Gasteiger partial charge on any atom is 0.222 e. The van der Waals surface area contributed by atoms with Crippen molar-refractivity contribution < 1.29 is 13.6 Å². The molecule has 1 amide bonds. The Kier molecular flexibility index (Phi) is 6.02. The highest BCUT2D eigenvalue weighted by atomic mass is 19.1. The molecule has 2 heterocycles. The molecule has 0 aliphatic carbocycles. The van der Waals surface area contributed by atoms with E-state index >= 15 is 0 Å². The first kappa shape index (κ1) is 18.3. The van der Waals surface area contributed by atoms with Crippen LogP contribution in [0.1, 0.15) is 37.8 Å². The Bertz CT molecular complexity index is 596. The smallest absolute Gasteiger partial charge is 0.222 e. The number of hydrogen-bond donors (Lipinski definition) is 1. The van der Waals surface area contributed by atoms with Crippen LogP contribution in [-0.4, -0.2) is 55.0 Å². The Labute approximate surface area is 148 Å². The number of amides is 1. The van der Waals surface area contributed by atoms with Gasteiger partial charge in [0.1, 0.15) is 11.6 Å². The van der Waals surface area contributed by atoms with E-state index in [9.17, 15) is 13.6 Å². The lowest BCUT2D eigenvalue weighted by molar-refractivity contribution is -0.133. The van der Waals surface area contributed by atoms with Crippen LogP contribution in [0.4, 0.5) is 8.78 Å². The van der Waals surface area contributed by atoms with Gasteiger partial charge in [0.2, 0.25) is 5.91 Å². The van der Waals surface area contributed by atoms with E-state index in [1.165, 1.54) is 18.6 Å². The highest BCUT2D eigenvalue weighted by Crippen LogP contribution is 2.25. The van der Waals surface area contributed by atoms with E-state index in [0.717, 1.165) is 25.6 Å². The number of rotatable bonds is 5. The van der Waals surface area contributed by atoms with Crippen molar-refractivity contribution in [2.24, 2.45) is 5.92 Å². The lowest BCUT2D eigenvalue weighted by Crippen LogP contribution is -2.49. The van der Waals surface area contributed by atoms with Crippen molar-refractivity contribution in [1.29, 1.82) is 0 Å². The Morgan fingerprint density at radius 2 is 2.04 bits per heavy atom. The molecule has 2 saturated heterocycles. The quantitative estimate of drug-likeness (QED) is 0.886. The fraction of sp³-hybridized carbons (Fsp3) is 0.632. The normalized spacial score (nSPS) is 23.0. The summed E-state index contributed by atoms with van der Waals surface area (Å²) in [4.78, 5) is 16.5. The van der Waals surface area contributed by atoms with E-state index < -0.39 is 11.6 Å². The van der Waals surface area contributed by atoms with E-state index in [1.54, 1.807) is 0 Å². The van der Waals surface area contributed by atoms with Gasteiger partial charge in [-0.15, -0.1) is 0 Å². The number of nitrogens with one attached hydrogen (secondary N) is 1. The second-order valence-electron chi connectivity index (χ2n) is 7.16. The van der Waals surface area contributed by atoms with Crippen molar-refractivity contribution in [3.63, 3.8) is 0 Å². The molecule has 138 valence electrons. The van der Waals surface area contributed by atoms with Crippen LogP contribution < -0.4 is 5.32 Å². The molecule has 1 aromatic rings. The summed E-state index contributed by atoms with van der Waals surface area (Å²) in [5.74, 6) is -0.198. The van der Waals surface area contributed by atoms with E-state index in [4.69, 9.17) is 0 Å². The number of halogens is 2. The van der Waals surface area contributed by atoms with Gasteiger partial charge in [0.05, 0.1) is 0 Å². The van der Waals surface area contributed by atoms with Gasteiger partial charge in [-0.3, -0.25) is 9.69 Å². The van der Waals surface area contributed by atoms with Gasteiger partial charge in [0.25, 0.3) is 0 Å². The van der Waals surface area contributed by atoms with Crippen molar-refractivity contribution in [2.75, 3.05) is 39.3 Å². The number of nitrogens with zero attached hydrogens (tertiary/aromatic N) is 2. The summed E-state index contributed by atoms with van der Waals surface area (Å²) < 4.78 is 27.0. The zero-order chi connectivity index (χ0) is 17.8. The lowest BCUT2D eigenvalue weighted by atomic mass is 10.0. The molecule has 1 aromatic carbocycles. The number of carbonyl (C=O) groups excluding carboxylic acids is 1. The van der Waals surface area contributed by atoms with Crippen molar-refractivity contribution in [2.45, 2.75) is 32.2 Å². The highest BCUT2D eigenvalue weighted by Gasteiger charge is 2.26. The zero-order valence-electron chi connectivity index (χ0n) is 14.8. The minimum absolute atomic E-state index is 0.123. The third-order valence-corrected chi connectivity index (χ3v) is 5.56. The summed E-state index contributed by atoms with van der Waals surface area (Å²) in [6.07, 6.45) is 2.75. The minimum Gasteiger partial charge on any atom is -0.340 e. The van der Waals surface area contributed by atoms with Crippen molar-refractivity contribution in [3.8, 4) is 0 Å². The van der Waals surface area contributed by atoms with Gasteiger partial charge >= 0.3 is 0 Å². The average Bonchev–Trinajstić information content (AvgIpc) is 3.13. The maximum atomic E-state index is 14.0. The summed E-state index contributed by atoms with van der Waals surface area (Å²) in [5, 5.41) is 3.33. The first-order valence-corrected chi connectivity index (χ1v) is 9.22. The molecule has 0 radical (unpaired) electrons. The zero-order valence-corrected chi connectivity index (χ0v) is 14.8. The van der Waals surface area contributed by atoms with Crippen LogP contribution in [0.15, 0.2) is 18.2 Å². The SMILES string of the molecule is CC(c1ccc(F)cc1F)N1CCN(C(=O)CCC2CCNC2)CC1. The minimum atomic E-state index is -0.554. The molecule has 0 bridgehead atoms. The summed E-state index contributed by atoms with van der Waals surface area (Å²) in [7, 11) is 0. The molecule has 1 N–H and O–H groups in total. The molecular formula is C19H27F2N3O. The van der Waals surface area contributed by atoms with Gasteiger partial charge in [0.15, 0.2) is 0 Å². The van der Waals surface area contributed by atoms with Crippen LogP contribution in [0.5, 0.6) is 0 Å². The fourth-order valence-corrected chi connectivity index (χ4v) is 3.84. The van der Waals surface area contributed by atoms with Crippen LogP contribution in [0.25, 0.3) is 0 Å². The van der Waals surface area contributed by atoms with Crippen molar-refractivity contribution in [3.05, 3.63) is 35.4 Å². The number of piperazine rings is 1. The van der Waals surface area contributed by atoms with E-state index in [2.05, 4.69) is 10.2 Å². The van der Waals surface area contributed by atoms with Crippen LogP contribution in [0.2, 0.25) is 0 Å². The lowest BCUT2D eigenvalue weighted by Gasteiger charge is -2.38. The molecule has 2 aliphatic heterocycles. The predicted molar refractivity (Wildman–Crippen MR) is 93.1 cm³/mol. The van der Waals surface area contributed by atoms with Crippen molar-refractivity contribution >= 4 is 5.91 Å². The van der Waals surface area contributed by atoms with Gasteiger partial charge < -0.3 is 10.2 Å². The second kappa shape index (κ2) is 8.23. The maximum absolute atomic E-state index is 14.0. The summed E-state index contributed by atoms with van der Waals surface area (Å²) in [6.45, 7) is 6.81. The van der Waals surface area contributed by atoms with E-state index in [1.807, 2.05) is 11.8 Å². The van der Waals surface area contributed by atoms with Crippen molar-refractivity contribution in [1.82, 2.24) is 15.1 Å². The summed E-state index contributed by atoms with van der Waals surface area (Å²) >= 11 is 0. The van der Waals surface area contributed by atoms with Gasteiger partial charge in [-0.1, -0.05) is 6.07 Å². The summed E-state index contributed by atoms with van der Waals surface area (Å²) in [5.41, 5.74) is 0.509. The monoisotopic (exact) mass is 351 g/mol. The average molecular weight is 351 g/mol. The van der Waals surface area contributed by atoms with Gasteiger partial charge in [-0.2, -0.15) is 0 Å².